The molecule has 1 aliphatic heterocycles. The number of rotatable bonds is 11. The van der Waals surface area contributed by atoms with Crippen LogP contribution in [0.4, 0.5) is 5.69 Å². The molecule has 2 rings (SSSR count). The Kier molecular flexibility index (Phi) is 7.44. The molecule has 0 amide bonds. The predicted molar refractivity (Wildman–Crippen MR) is 96.4 cm³/mol. The highest BCUT2D eigenvalue weighted by molar-refractivity contribution is 5.88. The Morgan fingerprint density at radius 1 is 1.09 bits per heavy atom. The maximum absolute atomic E-state index is 11.0. The highest BCUT2D eigenvalue weighted by Gasteiger charge is 2.21. The summed E-state index contributed by atoms with van der Waals surface area (Å²) in [7, 11) is 0. The number of carboxylic acids is 1. The number of carboxylic acid groups (broad SMARTS) is 1. The summed E-state index contributed by atoms with van der Waals surface area (Å²) < 4.78 is 0. The normalized spacial score (nSPS) is 16.1. The van der Waals surface area contributed by atoms with E-state index in [-0.39, 0.29) is 0 Å². The third-order valence-corrected chi connectivity index (χ3v) is 4.83. The summed E-state index contributed by atoms with van der Waals surface area (Å²) in [6, 6.07) is 5.91. The number of hydrogen-bond acceptors (Lipinski definition) is 2. The number of unbranched alkanes of at least 4 members (excludes halogenated alkanes) is 8. The average Bonchev–Trinajstić information content (AvgIpc) is 2.95. The van der Waals surface area contributed by atoms with Gasteiger partial charge in [0.25, 0.3) is 0 Å². The Hall–Kier alpha value is -1.51. The largest absolute Gasteiger partial charge is 0.478 e. The van der Waals surface area contributed by atoms with Crippen molar-refractivity contribution >= 4 is 11.7 Å². The van der Waals surface area contributed by atoms with Gasteiger partial charge in [0.15, 0.2) is 0 Å². The van der Waals surface area contributed by atoms with Crippen LogP contribution in [0.25, 0.3) is 0 Å². The van der Waals surface area contributed by atoms with Gasteiger partial charge < -0.3 is 10.4 Å². The van der Waals surface area contributed by atoms with E-state index in [1.54, 1.807) is 6.07 Å². The number of fused-ring (bicyclic) bond motifs is 1. The first-order chi connectivity index (χ1) is 11.2. The summed E-state index contributed by atoms with van der Waals surface area (Å²) in [6.45, 7) is 2.26. The molecular formula is C20H31NO2. The van der Waals surface area contributed by atoms with Crippen LogP contribution in [-0.2, 0) is 6.42 Å². The Labute approximate surface area is 140 Å². The molecule has 0 aromatic heterocycles. The van der Waals surface area contributed by atoms with Crippen LogP contribution < -0.4 is 5.32 Å². The molecule has 1 heterocycles. The van der Waals surface area contributed by atoms with E-state index in [1.807, 2.05) is 12.1 Å². The summed E-state index contributed by atoms with van der Waals surface area (Å²) in [5.41, 5.74) is 2.68. The van der Waals surface area contributed by atoms with E-state index in [2.05, 4.69) is 12.2 Å². The Balaban J connectivity index is 1.57. The zero-order valence-corrected chi connectivity index (χ0v) is 14.4. The van der Waals surface area contributed by atoms with E-state index in [4.69, 9.17) is 5.11 Å². The van der Waals surface area contributed by atoms with Gasteiger partial charge in [0.05, 0.1) is 5.56 Å². The topological polar surface area (TPSA) is 49.3 Å². The molecule has 2 N–H and O–H groups in total. The van der Waals surface area contributed by atoms with Crippen molar-refractivity contribution in [2.75, 3.05) is 5.32 Å². The number of carbonyl (C=O) groups is 1. The van der Waals surface area contributed by atoms with Gasteiger partial charge in [-0.1, -0.05) is 64.7 Å². The van der Waals surface area contributed by atoms with E-state index in [1.165, 1.54) is 64.2 Å². The Morgan fingerprint density at radius 3 is 2.39 bits per heavy atom. The van der Waals surface area contributed by atoms with E-state index in [9.17, 15) is 4.79 Å². The summed E-state index contributed by atoms with van der Waals surface area (Å²) in [6.07, 6.45) is 14.4. The van der Waals surface area contributed by atoms with Crippen molar-refractivity contribution < 1.29 is 9.90 Å². The number of nitrogens with one attached hydrogen (secondary N) is 1. The highest BCUT2D eigenvalue weighted by Crippen LogP contribution is 2.29. The van der Waals surface area contributed by atoms with Gasteiger partial charge in [-0.05, 0) is 36.6 Å². The Bertz CT molecular complexity index is 498. The van der Waals surface area contributed by atoms with E-state index < -0.39 is 5.97 Å². The molecule has 1 aromatic rings. The Morgan fingerprint density at radius 2 is 1.74 bits per heavy atom. The van der Waals surface area contributed by atoms with Gasteiger partial charge in [-0.25, -0.2) is 4.79 Å². The molecular weight excluding hydrogens is 286 g/mol. The van der Waals surface area contributed by atoms with Crippen LogP contribution >= 0.6 is 0 Å². The van der Waals surface area contributed by atoms with E-state index in [0.717, 1.165) is 17.7 Å². The maximum atomic E-state index is 11.0. The predicted octanol–water partition coefficient (Wildman–Crippen LogP) is 5.64. The van der Waals surface area contributed by atoms with Crippen molar-refractivity contribution in [3.8, 4) is 0 Å². The van der Waals surface area contributed by atoms with Gasteiger partial charge in [-0.15, -0.1) is 0 Å². The van der Waals surface area contributed by atoms with Crippen LogP contribution in [0.15, 0.2) is 18.2 Å². The highest BCUT2D eigenvalue weighted by atomic mass is 16.4. The minimum absolute atomic E-state index is 0.397. The third kappa shape index (κ3) is 5.89. The summed E-state index contributed by atoms with van der Waals surface area (Å²) in [4.78, 5) is 11.0. The molecule has 0 fully saturated rings. The van der Waals surface area contributed by atoms with Crippen LogP contribution in [-0.4, -0.2) is 17.1 Å². The minimum Gasteiger partial charge on any atom is -0.478 e. The standard InChI is InChI=1S/C20H31NO2/c1-2-3-4-5-6-7-8-9-10-11-18-15-17-14-16(20(22)23)12-13-19(17)21-18/h12-14,18,21H,2-11,15H2,1H3,(H,22,23). The lowest BCUT2D eigenvalue weighted by Gasteiger charge is -2.10. The molecule has 3 heteroatoms. The molecule has 0 bridgehead atoms. The first-order valence-electron chi connectivity index (χ1n) is 9.33. The number of anilines is 1. The maximum Gasteiger partial charge on any atom is 0.335 e. The van der Waals surface area contributed by atoms with Gasteiger partial charge in [-0.3, -0.25) is 0 Å². The molecule has 0 spiro atoms. The van der Waals surface area contributed by atoms with Gasteiger partial charge >= 0.3 is 5.97 Å². The molecule has 3 nitrogen and oxygen atoms in total. The van der Waals surface area contributed by atoms with Crippen molar-refractivity contribution in [2.24, 2.45) is 0 Å². The van der Waals surface area contributed by atoms with Crippen LogP contribution in [0.3, 0.4) is 0 Å². The first kappa shape index (κ1) is 17.8. The average molecular weight is 317 g/mol. The first-order valence-corrected chi connectivity index (χ1v) is 9.33. The molecule has 0 saturated carbocycles. The van der Waals surface area contributed by atoms with Gasteiger partial charge in [0.1, 0.15) is 0 Å². The summed E-state index contributed by atoms with van der Waals surface area (Å²) >= 11 is 0. The fourth-order valence-corrected chi connectivity index (χ4v) is 3.45. The zero-order chi connectivity index (χ0) is 16.5. The second-order valence-electron chi connectivity index (χ2n) is 6.84. The molecule has 1 atom stereocenters. The summed E-state index contributed by atoms with van der Waals surface area (Å²) in [5, 5.41) is 12.6. The smallest absolute Gasteiger partial charge is 0.335 e. The van der Waals surface area contributed by atoms with Crippen molar-refractivity contribution in [1.29, 1.82) is 0 Å². The lowest BCUT2D eigenvalue weighted by Crippen LogP contribution is -2.14. The number of hydrogen-bond donors (Lipinski definition) is 2. The lowest BCUT2D eigenvalue weighted by molar-refractivity contribution is 0.0697. The van der Waals surface area contributed by atoms with Gasteiger partial charge in [0, 0.05) is 11.7 Å². The fraction of sp³-hybridized carbons (Fsp3) is 0.650. The third-order valence-electron chi connectivity index (χ3n) is 4.83. The zero-order valence-electron chi connectivity index (χ0n) is 14.4. The monoisotopic (exact) mass is 317 g/mol. The fourth-order valence-electron chi connectivity index (χ4n) is 3.45. The number of benzene rings is 1. The van der Waals surface area contributed by atoms with Crippen LogP contribution in [0.5, 0.6) is 0 Å². The quantitative estimate of drug-likeness (QED) is 0.519. The van der Waals surface area contributed by atoms with E-state index >= 15 is 0 Å². The second kappa shape index (κ2) is 9.59. The van der Waals surface area contributed by atoms with Crippen molar-refractivity contribution in [3.05, 3.63) is 29.3 Å². The molecule has 1 unspecified atom stereocenters. The molecule has 1 aromatic carbocycles. The van der Waals surface area contributed by atoms with E-state index in [0.29, 0.717) is 11.6 Å². The summed E-state index contributed by atoms with van der Waals surface area (Å²) in [5.74, 6) is -0.838. The molecule has 0 radical (unpaired) electrons. The lowest BCUT2D eigenvalue weighted by atomic mass is 10.0. The number of aromatic carboxylic acids is 1. The van der Waals surface area contributed by atoms with Crippen LogP contribution in [0.2, 0.25) is 0 Å². The molecule has 128 valence electrons. The molecule has 0 saturated heterocycles. The minimum atomic E-state index is -0.838. The van der Waals surface area contributed by atoms with Gasteiger partial charge in [-0.2, -0.15) is 0 Å². The second-order valence-corrected chi connectivity index (χ2v) is 6.84. The van der Waals surface area contributed by atoms with Gasteiger partial charge in [0.2, 0.25) is 0 Å². The van der Waals surface area contributed by atoms with Crippen molar-refractivity contribution in [2.45, 2.75) is 83.6 Å². The molecule has 23 heavy (non-hydrogen) atoms. The van der Waals surface area contributed by atoms with Crippen molar-refractivity contribution in [1.82, 2.24) is 0 Å². The SMILES string of the molecule is CCCCCCCCCCCC1Cc2cc(C(=O)O)ccc2N1. The van der Waals surface area contributed by atoms with Crippen molar-refractivity contribution in [3.63, 3.8) is 0 Å². The van der Waals surface area contributed by atoms with Crippen LogP contribution in [0.1, 0.15) is 87.1 Å². The van der Waals surface area contributed by atoms with Crippen LogP contribution in [0, 0.1) is 0 Å². The molecule has 0 aliphatic carbocycles. The molecule has 1 aliphatic rings.